The van der Waals surface area contributed by atoms with Crippen LogP contribution in [0.15, 0.2) is 4.42 Å². The van der Waals surface area contributed by atoms with Crippen molar-refractivity contribution in [3.05, 3.63) is 22.6 Å². The molecular weight excluding hydrogens is 176 g/mol. The highest BCUT2D eigenvalue weighted by Crippen LogP contribution is 2.28. The van der Waals surface area contributed by atoms with Crippen molar-refractivity contribution < 1.29 is 4.42 Å². The predicted octanol–water partition coefficient (Wildman–Crippen LogP) is 2.51. The molecule has 1 aromatic rings. The molecule has 0 amide bonds. The summed E-state index contributed by atoms with van der Waals surface area (Å²) in [5.41, 5.74) is 5.30. The van der Waals surface area contributed by atoms with E-state index in [2.05, 4.69) is 19.3 Å². The van der Waals surface area contributed by atoms with E-state index in [0.717, 1.165) is 24.4 Å². The Labute approximate surface area is 85.6 Å². The zero-order valence-corrected chi connectivity index (χ0v) is 9.48. The first kappa shape index (κ1) is 11.3. The molecule has 80 valence electrons. The van der Waals surface area contributed by atoms with Gasteiger partial charge in [-0.25, -0.2) is 0 Å². The molecule has 1 rings (SSSR count). The van der Waals surface area contributed by atoms with Crippen LogP contribution in [0.4, 0.5) is 0 Å². The van der Waals surface area contributed by atoms with E-state index in [9.17, 15) is 0 Å². The van der Waals surface area contributed by atoms with Crippen LogP contribution >= 0.6 is 0 Å². The number of nitrogens with two attached hydrogens (primary N) is 1. The normalized spacial score (nSPS) is 13.2. The minimum atomic E-state index is 0.220. The summed E-state index contributed by atoms with van der Waals surface area (Å²) in [5.74, 6) is 7.52. The van der Waals surface area contributed by atoms with Gasteiger partial charge in [0.25, 0.3) is 0 Å². The van der Waals surface area contributed by atoms with Crippen molar-refractivity contribution in [3.8, 4) is 0 Å². The lowest BCUT2D eigenvalue weighted by Gasteiger charge is -2.15. The minimum absolute atomic E-state index is 0.220. The fraction of sp³-hybridized carbons (Fsp3) is 0.636. The van der Waals surface area contributed by atoms with Crippen molar-refractivity contribution in [2.24, 2.45) is 5.84 Å². The zero-order chi connectivity index (χ0) is 10.7. The van der Waals surface area contributed by atoms with Gasteiger partial charge >= 0.3 is 0 Å². The third-order valence-electron chi connectivity index (χ3n) is 2.74. The lowest BCUT2D eigenvalue weighted by Crippen LogP contribution is -2.28. The summed E-state index contributed by atoms with van der Waals surface area (Å²) in [6.07, 6.45) is 2.15. The van der Waals surface area contributed by atoms with Gasteiger partial charge < -0.3 is 4.42 Å². The first-order valence-electron chi connectivity index (χ1n) is 5.14. The van der Waals surface area contributed by atoms with E-state index < -0.39 is 0 Å². The molecule has 3 heteroatoms. The number of hydrazine groups is 1. The Morgan fingerprint density at radius 3 is 2.29 bits per heavy atom. The number of rotatable bonds is 4. The van der Waals surface area contributed by atoms with Crippen LogP contribution < -0.4 is 11.3 Å². The molecule has 0 aliphatic heterocycles. The van der Waals surface area contributed by atoms with Crippen LogP contribution in [-0.4, -0.2) is 0 Å². The van der Waals surface area contributed by atoms with Crippen molar-refractivity contribution in [2.45, 2.75) is 46.6 Å². The first-order chi connectivity index (χ1) is 6.61. The molecule has 0 radical (unpaired) electrons. The van der Waals surface area contributed by atoms with Gasteiger partial charge in [-0.2, -0.15) is 0 Å². The van der Waals surface area contributed by atoms with E-state index in [1.807, 2.05) is 13.8 Å². The van der Waals surface area contributed by atoms with E-state index >= 15 is 0 Å². The number of hydrogen-bond acceptors (Lipinski definition) is 3. The Kier molecular flexibility index (Phi) is 3.72. The Morgan fingerprint density at radius 1 is 1.29 bits per heavy atom. The van der Waals surface area contributed by atoms with Crippen LogP contribution in [0.1, 0.15) is 48.5 Å². The number of furan rings is 1. The molecule has 1 heterocycles. The molecule has 0 aliphatic carbocycles. The predicted molar refractivity (Wildman–Crippen MR) is 57.9 cm³/mol. The van der Waals surface area contributed by atoms with Gasteiger partial charge in [0.05, 0.1) is 0 Å². The third-order valence-corrected chi connectivity index (χ3v) is 2.74. The second kappa shape index (κ2) is 4.62. The van der Waals surface area contributed by atoms with Crippen LogP contribution in [-0.2, 0) is 0 Å². The molecule has 0 aromatic carbocycles. The molecule has 1 aromatic heterocycles. The Morgan fingerprint density at radius 2 is 1.93 bits per heavy atom. The van der Waals surface area contributed by atoms with Crippen LogP contribution in [0.3, 0.4) is 0 Å². The number of hydrogen-bond donors (Lipinski definition) is 2. The highest BCUT2D eigenvalue weighted by Gasteiger charge is 2.18. The lowest BCUT2D eigenvalue weighted by atomic mass is 9.99. The van der Waals surface area contributed by atoms with Crippen molar-refractivity contribution in [3.63, 3.8) is 0 Å². The van der Waals surface area contributed by atoms with Crippen molar-refractivity contribution in [1.82, 2.24) is 5.43 Å². The van der Waals surface area contributed by atoms with Crippen molar-refractivity contribution in [1.29, 1.82) is 0 Å². The first-order valence-corrected chi connectivity index (χ1v) is 5.14. The molecular formula is C11H20N2O. The van der Waals surface area contributed by atoms with Crippen LogP contribution in [0.25, 0.3) is 0 Å². The van der Waals surface area contributed by atoms with E-state index in [-0.39, 0.29) is 6.04 Å². The maximum Gasteiger partial charge on any atom is 0.106 e. The van der Waals surface area contributed by atoms with Crippen LogP contribution in [0, 0.1) is 20.8 Å². The maximum atomic E-state index is 5.58. The van der Waals surface area contributed by atoms with E-state index in [0.29, 0.717) is 0 Å². The molecule has 0 saturated carbocycles. The highest BCUT2D eigenvalue weighted by atomic mass is 16.3. The second-order valence-electron chi connectivity index (χ2n) is 3.76. The van der Waals surface area contributed by atoms with E-state index in [1.54, 1.807) is 0 Å². The molecule has 3 nitrogen and oxygen atoms in total. The van der Waals surface area contributed by atoms with Crippen molar-refractivity contribution in [2.75, 3.05) is 0 Å². The second-order valence-corrected chi connectivity index (χ2v) is 3.76. The molecule has 1 atom stereocenters. The average molecular weight is 196 g/mol. The summed E-state index contributed by atoms with van der Waals surface area (Å²) in [4.78, 5) is 0. The summed E-state index contributed by atoms with van der Waals surface area (Å²) >= 11 is 0. The van der Waals surface area contributed by atoms with Gasteiger partial charge in [0.15, 0.2) is 0 Å². The lowest BCUT2D eigenvalue weighted by molar-refractivity contribution is 0.472. The fourth-order valence-corrected chi connectivity index (χ4v) is 1.92. The smallest absolute Gasteiger partial charge is 0.106 e. The fourth-order valence-electron chi connectivity index (χ4n) is 1.92. The molecule has 3 N–H and O–H groups in total. The average Bonchev–Trinajstić information content (AvgIpc) is 2.39. The van der Waals surface area contributed by atoms with Crippen LogP contribution in [0.2, 0.25) is 0 Å². The van der Waals surface area contributed by atoms with E-state index in [4.69, 9.17) is 10.3 Å². The largest absolute Gasteiger partial charge is 0.466 e. The van der Waals surface area contributed by atoms with Crippen molar-refractivity contribution >= 4 is 0 Å². The summed E-state index contributed by atoms with van der Waals surface area (Å²) in [5, 5.41) is 0. The molecule has 0 bridgehead atoms. The van der Waals surface area contributed by atoms with Gasteiger partial charge in [0.2, 0.25) is 0 Å². The van der Waals surface area contributed by atoms with Gasteiger partial charge in [0.1, 0.15) is 11.5 Å². The Hall–Kier alpha value is -0.800. The summed E-state index contributed by atoms with van der Waals surface area (Å²) in [6.45, 7) is 8.23. The standard InChI is InChI=1S/C11H20N2O/c1-5-6-10(13-12)11-7(2)8(3)14-9(11)4/h10,13H,5-6,12H2,1-4H3. The SMILES string of the molecule is CCCC(NN)c1c(C)oc(C)c1C. The Bertz CT molecular complexity index is 304. The van der Waals surface area contributed by atoms with Crippen LogP contribution in [0.5, 0.6) is 0 Å². The quantitative estimate of drug-likeness (QED) is 0.574. The Balaban J connectivity index is 3.02. The topological polar surface area (TPSA) is 51.2 Å². The minimum Gasteiger partial charge on any atom is -0.466 e. The summed E-state index contributed by atoms with van der Waals surface area (Å²) in [6, 6.07) is 0.220. The number of nitrogens with one attached hydrogen (secondary N) is 1. The molecule has 0 saturated heterocycles. The number of aryl methyl sites for hydroxylation is 2. The van der Waals surface area contributed by atoms with Gasteiger partial charge in [-0.15, -0.1) is 0 Å². The molecule has 14 heavy (non-hydrogen) atoms. The maximum absolute atomic E-state index is 5.58. The summed E-state index contributed by atoms with van der Waals surface area (Å²) in [7, 11) is 0. The highest BCUT2D eigenvalue weighted by molar-refractivity contribution is 5.34. The molecule has 1 unspecified atom stereocenters. The van der Waals surface area contributed by atoms with Gasteiger partial charge in [-0.3, -0.25) is 11.3 Å². The third kappa shape index (κ3) is 1.99. The monoisotopic (exact) mass is 196 g/mol. The van der Waals surface area contributed by atoms with Gasteiger partial charge in [-0.1, -0.05) is 13.3 Å². The molecule has 0 fully saturated rings. The molecule has 0 aliphatic rings. The van der Waals surface area contributed by atoms with Gasteiger partial charge in [-0.05, 0) is 32.8 Å². The molecule has 0 spiro atoms. The van der Waals surface area contributed by atoms with Gasteiger partial charge in [0, 0.05) is 11.6 Å². The zero-order valence-electron chi connectivity index (χ0n) is 9.48. The van der Waals surface area contributed by atoms with E-state index in [1.165, 1.54) is 11.1 Å². The summed E-state index contributed by atoms with van der Waals surface area (Å²) < 4.78 is 5.58.